The number of aromatic nitrogens is 1. The van der Waals surface area contributed by atoms with Crippen LogP contribution in [0.1, 0.15) is 45.6 Å². The molecule has 0 aliphatic rings. The highest BCUT2D eigenvalue weighted by molar-refractivity contribution is 5.79. The predicted molar refractivity (Wildman–Crippen MR) is 87.7 cm³/mol. The van der Waals surface area contributed by atoms with Crippen molar-refractivity contribution in [3.63, 3.8) is 0 Å². The smallest absolute Gasteiger partial charge is 0.218 e. The number of pyridine rings is 1. The number of unbranched alkanes of at least 4 members (excludes halogenated alkanes) is 2. The Kier molecular flexibility index (Phi) is 9.00. The molecule has 0 atom stereocenters. The highest BCUT2D eigenvalue weighted by Gasteiger charge is 2.04. The summed E-state index contributed by atoms with van der Waals surface area (Å²) in [6.07, 6.45) is 5.37. The van der Waals surface area contributed by atoms with Gasteiger partial charge < -0.3 is 15.4 Å². The van der Waals surface area contributed by atoms with Crippen molar-refractivity contribution in [2.24, 2.45) is 4.99 Å². The van der Waals surface area contributed by atoms with Crippen LogP contribution in [-0.2, 0) is 6.54 Å². The van der Waals surface area contributed by atoms with Gasteiger partial charge in [0.25, 0.3) is 0 Å². The van der Waals surface area contributed by atoms with Crippen molar-refractivity contribution in [1.82, 2.24) is 15.6 Å². The van der Waals surface area contributed by atoms with Gasteiger partial charge in [-0.1, -0.05) is 25.8 Å². The third-order valence-electron chi connectivity index (χ3n) is 2.96. The van der Waals surface area contributed by atoms with Crippen LogP contribution in [0.2, 0.25) is 0 Å². The maximum absolute atomic E-state index is 5.52. The molecular weight excluding hydrogens is 264 g/mol. The number of nitrogens with zero attached hydrogens (tertiary/aromatic N) is 2. The fourth-order valence-electron chi connectivity index (χ4n) is 1.90. The molecule has 1 rings (SSSR count). The number of hydrogen-bond donors (Lipinski definition) is 2. The van der Waals surface area contributed by atoms with Crippen molar-refractivity contribution >= 4 is 5.96 Å². The zero-order valence-electron chi connectivity index (χ0n) is 13.5. The van der Waals surface area contributed by atoms with Gasteiger partial charge in [-0.3, -0.25) is 0 Å². The first-order valence-electron chi connectivity index (χ1n) is 7.90. The summed E-state index contributed by atoms with van der Waals surface area (Å²) in [4.78, 5) is 8.85. The quantitative estimate of drug-likeness (QED) is 0.417. The first-order valence-corrected chi connectivity index (χ1v) is 7.90. The minimum atomic E-state index is 0.562. The highest BCUT2D eigenvalue weighted by atomic mass is 16.5. The van der Waals surface area contributed by atoms with E-state index in [1.807, 2.05) is 19.1 Å². The Morgan fingerprint density at radius 1 is 1.24 bits per heavy atom. The van der Waals surface area contributed by atoms with Gasteiger partial charge in [0.1, 0.15) is 0 Å². The van der Waals surface area contributed by atoms with Crippen LogP contribution in [0.3, 0.4) is 0 Å². The van der Waals surface area contributed by atoms with Crippen LogP contribution in [0.25, 0.3) is 0 Å². The number of ether oxygens (including phenoxy) is 1. The molecule has 1 heterocycles. The molecule has 0 aromatic carbocycles. The molecule has 0 radical (unpaired) electrons. The summed E-state index contributed by atoms with van der Waals surface area (Å²) in [6, 6.07) is 3.91. The van der Waals surface area contributed by atoms with E-state index < -0.39 is 0 Å². The van der Waals surface area contributed by atoms with Gasteiger partial charge in [0.2, 0.25) is 5.88 Å². The summed E-state index contributed by atoms with van der Waals surface area (Å²) in [5.74, 6) is 1.52. The summed E-state index contributed by atoms with van der Waals surface area (Å²) < 4.78 is 5.52. The third-order valence-corrected chi connectivity index (χ3v) is 2.96. The Morgan fingerprint density at radius 3 is 2.81 bits per heavy atom. The molecule has 0 bridgehead atoms. The lowest BCUT2D eigenvalue weighted by Crippen LogP contribution is -2.37. The van der Waals surface area contributed by atoms with Crippen molar-refractivity contribution in [2.75, 3.05) is 19.7 Å². The fraction of sp³-hybridized carbons (Fsp3) is 0.625. The van der Waals surface area contributed by atoms with Crippen molar-refractivity contribution in [1.29, 1.82) is 0 Å². The molecule has 5 heteroatoms. The lowest BCUT2D eigenvalue weighted by atomic mass is 10.2. The molecule has 118 valence electrons. The number of guanidine groups is 1. The Labute approximate surface area is 128 Å². The van der Waals surface area contributed by atoms with Gasteiger partial charge in [0.05, 0.1) is 13.2 Å². The second-order valence-electron chi connectivity index (χ2n) is 4.73. The van der Waals surface area contributed by atoms with Gasteiger partial charge in [-0.05, 0) is 26.3 Å². The lowest BCUT2D eigenvalue weighted by Gasteiger charge is -2.12. The van der Waals surface area contributed by atoms with Crippen LogP contribution < -0.4 is 15.4 Å². The van der Waals surface area contributed by atoms with Crippen molar-refractivity contribution in [2.45, 2.75) is 46.6 Å². The van der Waals surface area contributed by atoms with E-state index in [1.54, 1.807) is 6.20 Å². The van der Waals surface area contributed by atoms with E-state index in [0.29, 0.717) is 19.0 Å². The maximum Gasteiger partial charge on any atom is 0.218 e. The van der Waals surface area contributed by atoms with Gasteiger partial charge >= 0.3 is 0 Å². The van der Waals surface area contributed by atoms with Crippen LogP contribution >= 0.6 is 0 Å². The summed E-state index contributed by atoms with van der Waals surface area (Å²) in [7, 11) is 0. The molecule has 0 saturated carbocycles. The molecule has 5 nitrogen and oxygen atoms in total. The Morgan fingerprint density at radius 2 is 2.10 bits per heavy atom. The molecule has 2 N–H and O–H groups in total. The van der Waals surface area contributed by atoms with E-state index in [1.165, 1.54) is 12.8 Å². The minimum Gasteiger partial charge on any atom is -0.478 e. The van der Waals surface area contributed by atoms with Gasteiger partial charge in [-0.25, -0.2) is 9.98 Å². The first-order chi connectivity index (χ1) is 10.3. The van der Waals surface area contributed by atoms with Gasteiger partial charge in [0.15, 0.2) is 5.96 Å². The summed E-state index contributed by atoms with van der Waals surface area (Å²) in [5, 5.41) is 6.61. The van der Waals surface area contributed by atoms with E-state index in [2.05, 4.69) is 34.5 Å². The van der Waals surface area contributed by atoms with Crippen molar-refractivity contribution in [3.05, 3.63) is 23.9 Å². The molecule has 0 fully saturated rings. The van der Waals surface area contributed by atoms with Crippen molar-refractivity contribution in [3.8, 4) is 5.88 Å². The van der Waals surface area contributed by atoms with Crippen LogP contribution in [0.15, 0.2) is 23.3 Å². The maximum atomic E-state index is 5.52. The molecule has 21 heavy (non-hydrogen) atoms. The fourth-order valence-corrected chi connectivity index (χ4v) is 1.90. The predicted octanol–water partition coefficient (Wildman–Crippen LogP) is 2.73. The average Bonchev–Trinajstić information content (AvgIpc) is 2.50. The Balaban J connectivity index is 2.60. The summed E-state index contributed by atoms with van der Waals surface area (Å²) >= 11 is 0. The Hall–Kier alpha value is -1.78. The third kappa shape index (κ3) is 6.97. The van der Waals surface area contributed by atoms with E-state index in [0.717, 1.165) is 31.0 Å². The molecule has 1 aromatic heterocycles. The van der Waals surface area contributed by atoms with E-state index in [4.69, 9.17) is 4.74 Å². The highest BCUT2D eigenvalue weighted by Crippen LogP contribution is 2.15. The van der Waals surface area contributed by atoms with E-state index in [9.17, 15) is 0 Å². The van der Waals surface area contributed by atoms with Crippen LogP contribution in [0, 0.1) is 0 Å². The minimum absolute atomic E-state index is 0.562. The molecule has 0 spiro atoms. The first kappa shape index (κ1) is 17.3. The standard InChI is InChI=1S/C16H28N4O/c1-4-7-8-11-19-16(17-5-2)20-13-14-10-9-12-18-15(14)21-6-3/h9-10,12H,4-8,11,13H2,1-3H3,(H2,17,19,20). The second-order valence-corrected chi connectivity index (χ2v) is 4.73. The average molecular weight is 292 g/mol. The number of aliphatic imine (C=N–C) groups is 1. The van der Waals surface area contributed by atoms with Gasteiger partial charge in [-0.2, -0.15) is 0 Å². The molecule has 1 aromatic rings. The molecule has 0 unspecified atom stereocenters. The Bertz CT molecular complexity index is 420. The van der Waals surface area contributed by atoms with Crippen LogP contribution in [0.4, 0.5) is 0 Å². The molecule has 0 aliphatic heterocycles. The topological polar surface area (TPSA) is 58.5 Å². The van der Waals surface area contributed by atoms with Gasteiger partial charge in [0, 0.05) is 24.8 Å². The number of nitrogens with one attached hydrogen (secondary N) is 2. The molecule has 0 saturated heterocycles. The molecule has 0 amide bonds. The number of hydrogen-bond acceptors (Lipinski definition) is 3. The molecule has 0 aliphatic carbocycles. The van der Waals surface area contributed by atoms with E-state index >= 15 is 0 Å². The SMILES string of the molecule is CCCCCNC(=NCc1cccnc1OCC)NCC. The number of rotatable bonds is 9. The molecular formula is C16H28N4O. The van der Waals surface area contributed by atoms with Crippen molar-refractivity contribution < 1.29 is 4.74 Å². The van der Waals surface area contributed by atoms with Crippen LogP contribution in [0.5, 0.6) is 5.88 Å². The van der Waals surface area contributed by atoms with E-state index in [-0.39, 0.29) is 0 Å². The summed E-state index contributed by atoms with van der Waals surface area (Å²) in [6.45, 7) is 9.21. The van der Waals surface area contributed by atoms with Crippen LogP contribution in [-0.4, -0.2) is 30.6 Å². The zero-order chi connectivity index (χ0) is 15.3. The lowest BCUT2D eigenvalue weighted by molar-refractivity contribution is 0.323. The monoisotopic (exact) mass is 292 g/mol. The largest absolute Gasteiger partial charge is 0.478 e. The second kappa shape index (κ2) is 10.9. The zero-order valence-corrected chi connectivity index (χ0v) is 13.5. The van der Waals surface area contributed by atoms with Gasteiger partial charge in [-0.15, -0.1) is 0 Å². The summed E-state index contributed by atoms with van der Waals surface area (Å²) in [5.41, 5.74) is 1.00. The normalized spacial score (nSPS) is 11.3.